The number of pyridine rings is 1. The van der Waals surface area contributed by atoms with Crippen LogP contribution in [0.25, 0.3) is 0 Å². The smallest absolute Gasteiger partial charge is 0.257 e. The Bertz CT molecular complexity index is 469. The van der Waals surface area contributed by atoms with Gasteiger partial charge in [0.15, 0.2) is 5.75 Å². The largest absolute Gasteiger partial charge is 0.503 e. The Balaban J connectivity index is 2.05. The van der Waals surface area contributed by atoms with E-state index < -0.39 is 0 Å². The van der Waals surface area contributed by atoms with Gasteiger partial charge in [0.25, 0.3) is 5.88 Å². The molecular formula is C13H13NO2. The van der Waals surface area contributed by atoms with Crippen molar-refractivity contribution in [1.29, 1.82) is 0 Å². The lowest BCUT2D eigenvalue weighted by Gasteiger charge is -2.07. The van der Waals surface area contributed by atoms with E-state index in [4.69, 9.17) is 4.74 Å². The lowest BCUT2D eigenvalue weighted by molar-refractivity contribution is 0.276. The molecule has 2 aromatic rings. The van der Waals surface area contributed by atoms with Crippen molar-refractivity contribution >= 4 is 0 Å². The van der Waals surface area contributed by atoms with Crippen LogP contribution < -0.4 is 4.74 Å². The Labute approximate surface area is 94.3 Å². The van der Waals surface area contributed by atoms with Crippen LogP contribution in [-0.4, -0.2) is 10.1 Å². The van der Waals surface area contributed by atoms with Crippen LogP contribution in [0.15, 0.2) is 42.6 Å². The third-order valence-electron chi connectivity index (χ3n) is 2.19. The fourth-order valence-electron chi connectivity index (χ4n) is 1.38. The van der Waals surface area contributed by atoms with Crippen molar-refractivity contribution in [3.8, 4) is 11.6 Å². The van der Waals surface area contributed by atoms with Crippen LogP contribution in [0.1, 0.15) is 11.1 Å². The molecule has 0 saturated heterocycles. The SMILES string of the molecule is Cc1cnc(OCc2ccccc2)c(O)c1. The first-order valence-corrected chi connectivity index (χ1v) is 5.08. The Kier molecular flexibility index (Phi) is 3.05. The number of ether oxygens (including phenoxy) is 1. The number of benzene rings is 1. The summed E-state index contributed by atoms with van der Waals surface area (Å²) in [6.45, 7) is 2.28. The van der Waals surface area contributed by atoms with Gasteiger partial charge in [-0.1, -0.05) is 30.3 Å². The molecular weight excluding hydrogens is 202 g/mol. The third-order valence-corrected chi connectivity index (χ3v) is 2.19. The Morgan fingerprint density at radius 2 is 2.00 bits per heavy atom. The van der Waals surface area contributed by atoms with Crippen LogP contribution in [0.3, 0.4) is 0 Å². The molecule has 3 heteroatoms. The number of nitrogens with zero attached hydrogens (tertiary/aromatic N) is 1. The summed E-state index contributed by atoms with van der Waals surface area (Å²) in [4.78, 5) is 4.02. The summed E-state index contributed by atoms with van der Waals surface area (Å²) in [7, 11) is 0. The lowest BCUT2D eigenvalue weighted by atomic mass is 10.2. The van der Waals surface area contributed by atoms with E-state index in [1.807, 2.05) is 37.3 Å². The first-order valence-electron chi connectivity index (χ1n) is 5.08. The van der Waals surface area contributed by atoms with E-state index in [0.717, 1.165) is 11.1 Å². The van der Waals surface area contributed by atoms with Gasteiger partial charge in [0.2, 0.25) is 0 Å². The van der Waals surface area contributed by atoms with Crippen molar-refractivity contribution in [3.05, 3.63) is 53.7 Å². The molecule has 0 amide bonds. The van der Waals surface area contributed by atoms with E-state index in [1.165, 1.54) is 0 Å². The molecule has 0 bridgehead atoms. The topological polar surface area (TPSA) is 42.4 Å². The minimum atomic E-state index is 0.0796. The standard InChI is InChI=1S/C13H13NO2/c1-10-7-12(15)13(14-8-10)16-9-11-5-3-2-4-6-11/h2-8,15H,9H2,1H3. The van der Waals surface area contributed by atoms with Crippen molar-refractivity contribution in [2.45, 2.75) is 13.5 Å². The van der Waals surface area contributed by atoms with Gasteiger partial charge in [0.1, 0.15) is 6.61 Å². The predicted molar refractivity (Wildman–Crippen MR) is 61.4 cm³/mol. The maximum Gasteiger partial charge on any atom is 0.257 e. The second-order valence-corrected chi connectivity index (χ2v) is 3.61. The molecule has 0 radical (unpaired) electrons. The van der Waals surface area contributed by atoms with Crippen LogP contribution in [0.5, 0.6) is 11.6 Å². The summed E-state index contributed by atoms with van der Waals surface area (Å²) in [6.07, 6.45) is 1.67. The normalized spacial score (nSPS) is 10.1. The Morgan fingerprint density at radius 1 is 1.25 bits per heavy atom. The molecule has 0 aliphatic rings. The molecule has 0 aliphatic heterocycles. The van der Waals surface area contributed by atoms with Crippen molar-refractivity contribution in [2.24, 2.45) is 0 Å². The van der Waals surface area contributed by atoms with Gasteiger partial charge in [-0.2, -0.15) is 0 Å². The summed E-state index contributed by atoms with van der Waals surface area (Å²) in [5.41, 5.74) is 1.95. The highest BCUT2D eigenvalue weighted by Crippen LogP contribution is 2.23. The number of aromatic hydroxyl groups is 1. The fraction of sp³-hybridized carbons (Fsp3) is 0.154. The van der Waals surface area contributed by atoms with Gasteiger partial charge in [-0.15, -0.1) is 0 Å². The second-order valence-electron chi connectivity index (χ2n) is 3.61. The van der Waals surface area contributed by atoms with Crippen LogP contribution in [0.4, 0.5) is 0 Å². The first-order chi connectivity index (χ1) is 7.75. The maximum absolute atomic E-state index is 9.58. The third kappa shape index (κ3) is 2.51. The zero-order chi connectivity index (χ0) is 11.4. The molecule has 0 atom stereocenters. The monoisotopic (exact) mass is 215 g/mol. The molecule has 16 heavy (non-hydrogen) atoms. The molecule has 1 aromatic heterocycles. The zero-order valence-corrected chi connectivity index (χ0v) is 9.05. The molecule has 3 nitrogen and oxygen atoms in total. The van der Waals surface area contributed by atoms with E-state index in [-0.39, 0.29) is 11.6 Å². The highest BCUT2D eigenvalue weighted by molar-refractivity contribution is 5.34. The lowest BCUT2D eigenvalue weighted by Crippen LogP contribution is -1.97. The highest BCUT2D eigenvalue weighted by Gasteiger charge is 2.03. The number of hydrogen-bond acceptors (Lipinski definition) is 3. The van der Waals surface area contributed by atoms with E-state index in [9.17, 15) is 5.11 Å². The minimum absolute atomic E-state index is 0.0796. The predicted octanol–water partition coefficient (Wildman–Crippen LogP) is 2.67. The second kappa shape index (κ2) is 4.66. The molecule has 0 fully saturated rings. The summed E-state index contributed by atoms with van der Waals surface area (Å²) >= 11 is 0. The molecule has 1 N–H and O–H groups in total. The summed E-state index contributed by atoms with van der Waals surface area (Å²) < 4.78 is 5.42. The average molecular weight is 215 g/mol. The fourth-order valence-corrected chi connectivity index (χ4v) is 1.38. The van der Waals surface area contributed by atoms with Crippen molar-refractivity contribution in [3.63, 3.8) is 0 Å². The molecule has 0 spiro atoms. The van der Waals surface area contributed by atoms with Gasteiger partial charge in [-0.05, 0) is 24.1 Å². The first kappa shape index (κ1) is 10.5. The van der Waals surface area contributed by atoms with Crippen LogP contribution in [-0.2, 0) is 6.61 Å². The molecule has 1 heterocycles. The van der Waals surface area contributed by atoms with Crippen LogP contribution in [0, 0.1) is 6.92 Å². The van der Waals surface area contributed by atoms with Crippen LogP contribution in [0.2, 0.25) is 0 Å². The Morgan fingerprint density at radius 3 is 2.69 bits per heavy atom. The van der Waals surface area contributed by atoms with E-state index in [1.54, 1.807) is 12.3 Å². The number of rotatable bonds is 3. The maximum atomic E-state index is 9.58. The minimum Gasteiger partial charge on any atom is -0.503 e. The van der Waals surface area contributed by atoms with Gasteiger partial charge in [-0.3, -0.25) is 0 Å². The summed E-state index contributed by atoms with van der Waals surface area (Å²) in [5.74, 6) is 0.352. The zero-order valence-electron chi connectivity index (χ0n) is 9.05. The van der Waals surface area contributed by atoms with Crippen molar-refractivity contribution in [1.82, 2.24) is 4.98 Å². The summed E-state index contributed by atoms with van der Waals surface area (Å²) in [5, 5.41) is 9.58. The van der Waals surface area contributed by atoms with Gasteiger partial charge in [-0.25, -0.2) is 4.98 Å². The molecule has 0 aliphatic carbocycles. The van der Waals surface area contributed by atoms with E-state index in [0.29, 0.717) is 6.61 Å². The Hall–Kier alpha value is -2.03. The number of hydrogen-bond donors (Lipinski definition) is 1. The van der Waals surface area contributed by atoms with Crippen LogP contribution >= 0.6 is 0 Å². The number of aromatic nitrogens is 1. The molecule has 0 saturated carbocycles. The quantitative estimate of drug-likeness (QED) is 0.855. The molecule has 1 aromatic carbocycles. The average Bonchev–Trinajstić information content (AvgIpc) is 2.29. The summed E-state index contributed by atoms with van der Waals surface area (Å²) in [6, 6.07) is 11.4. The van der Waals surface area contributed by atoms with Gasteiger partial charge >= 0.3 is 0 Å². The molecule has 82 valence electrons. The van der Waals surface area contributed by atoms with Crippen molar-refractivity contribution < 1.29 is 9.84 Å². The molecule has 0 unspecified atom stereocenters. The van der Waals surface area contributed by atoms with Gasteiger partial charge < -0.3 is 9.84 Å². The highest BCUT2D eigenvalue weighted by atomic mass is 16.5. The number of aryl methyl sites for hydroxylation is 1. The molecule has 2 rings (SSSR count). The van der Waals surface area contributed by atoms with Gasteiger partial charge in [0, 0.05) is 6.20 Å². The van der Waals surface area contributed by atoms with E-state index in [2.05, 4.69) is 4.98 Å². The van der Waals surface area contributed by atoms with Crippen molar-refractivity contribution in [2.75, 3.05) is 0 Å². The van der Waals surface area contributed by atoms with E-state index >= 15 is 0 Å². The van der Waals surface area contributed by atoms with Gasteiger partial charge in [0.05, 0.1) is 0 Å².